The van der Waals surface area contributed by atoms with Crippen molar-refractivity contribution in [3.05, 3.63) is 92.2 Å². The van der Waals surface area contributed by atoms with E-state index in [2.05, 4.69) is 0 Å². The lowest BCUT2D eigenvalue weighted by atomic mass is 9.95. The maximum atomic E-state index is 13.8. The second-order valence-corrected chi connectivity index (χ2v) is 8.74. The van der Waals surface area contributed by atoms with E-state index in [1.165, 1.54) is 38.5 Å². The zero-order chi connectivity index (χ0) is 25.4. The number of aliphatic hydroxyl groups is 1. The highest BCUT2D eigenvalue weighted by molar-refractivity contribution is 6.52. The number of Topliss-reactive ketones (excluding diaryl/α,β-unsaturated/α-hetero) is 1. The summed E-state index contributed by atoms with van der Waals surface area (Å²) in [6.07, 6.45) is 0. The first-order valence-electron chi connectivity index (χ1n) is 10.1. The number of anilines is 1. The van der Waals surface area contributed by atoms with Gasteiger partial charge in [-0.05, 0) is 48.0 Å². The number of ether oxygens (including phenoxy) is 2. The Labute approximate surface area is 215 Å². The Hall–Kier alpha value is -3.26. The van der Waals surface area contributed by atoms with Gasteiger partial charge in [-0.25, -0.2) is 4.39 Å². The van der Waals surface area contributed by atoms with Gasteiger partial charge in [-0.1, -0.05) is 46.9 Å². The molecule has 1 aliphatic heterocycles. The molecule has 180 valence electrons. The average Bonchev–Trinajstić information content (AvgIpc) is 3.10. The molecule has 0 spiro atoms. The second-order valence-electron chi connectivity index (χ2n) is 7.51. The molecule has 1 unspecified atom stereocenters. The number of hydrogen-bond acceptors (Lipinski definition) is 5. The predicted octanol–water partition coefficient (Wildman–Crippen LogP) is 6.43. The Morgan fingerprint density at radius 2 is 1.54 bits per heavy atom. The van der Waals surface area contributed by atoms with E-state index in [-0.39, 0.29) is 37.6 Å². The molecule has 1 amide bonds. The molecule has 1 atom stereocenters. The van der Waals surface area contributed by atoms with Crippen molar-refractivity contribution < 1.29 is 28.6 Å². The third kappa shape index (κ3) is 4.43. The minimum atomic E-state index is -1.07. The smallest absolute Gasteiger partial charge is 0.300 e. The largest absolute Gasteiger partial charge is 0.507 e. The van der Waals surface area contributed by atoms with Gasteiger partial charge >= 0.3 is 0 Å². The molecule has 1 heterocycles. The Bertz CT molecular complexity index is 1350. The molecule has 1 N–H and O–H groups in total. The monoisotopic (exact) mass is 535 g/mol. The Morgan fingerprint density at radius 1 is 0.914 bits per heavy atom. The summed E-state index contributed by atoms with van der Waals surface area (Å²) in [7, 11) is 2.88. The molecule has 0 saturated carbocycles. The second kappa shape index (κ2) is 9.77. The van der Waals surface area contributed by atoms with Gasteiger partial charge in [0.1, 0.15) is 17.3 Å². The van der Waals surface area contributed by atoms with Crippen molar-refractivity contribution in [1.29, 1.82) is 0 Å². The van der Waals surface area contributed by atoms with Gasteiger partial charge in [-0.15, -0.1) is 0 Å². The normalized spacial score (nSPS) is 17.1. The van der Waals surface area contributed by atoms with Crippen LogP contribution in [0.3, 0.4) is 0 Å². The van der Waals surface area contributed by atoms with Crippen LogP contribution in [0, 0.1) is 5.82 Å². The number of carbonyl (C=O) groups is 2. The molecule has 35 heavy (non-hydrogen) atoms. The molecule has 1 aliphatic rings. The highest BCUT2D eigenvalue weighted by Crippen LogP contribution is 2.44. The molecule has 1 saturated heterocycles. The molecule has 0 radical (unpaired) electrons. The Balaban J connectivity index is 1.96. The van der Waals surface area contributed by atoms with E-state index in [9.17, 15) is 19.1 Å². The number of carbonyl (C=O) groups excluding carboxylic acids is 2. The average molecular weight is 537 g/mol. The van der Waals surface area contributed by atoms with Crippen molar-refractivity contribution in [2.24, 2.45) is 0 Å². The molecule has 3 aromatic rings. The van der Waals surface area contributed by atoms with Crippen LogP contribution in [0.25, 0.3) is 5.76 Å². The van der Waals surface area contributed by atoms with Crippen LogP contribution in [0.2, 0.25) is 15.1 Å². The molecule has 0 aromatic heterocycles. The molecular weight excluding hydrogens is 520 g/mol. The lowest BCUT2D eigenvalue weighted by Crippen LogP contribution is -2.29. The molecule has 4 rings (SSSR count). The summed E-state index contributed by atoms with van der Waals surface area (Å²) in [5, 5.41) is 11.2. The van der Waals surface area contributed by atoms with Crippen molar-refractivity contribution in [2.75, 3.05) is 19.1 Å². The highest BCUT2D eigenvalue weighted by Gasteiger charge is 2.47. The topological polar surface area (TPSA) is 76.1 Å². The number of amides is 1. The number of benzene rings is 3. The first-order valence-corrected chi connectivity index (χ1v) is 11.2. The number of halogens is 4. The van der Waals surface area contributed by atoms with Gasteiger partial charge < -0.3 is 14.6 Å². The van der Waals surface area contributed by atoms with E-state index >= 15 is 0 Å². The molecule has 1 fully saturated rings. The van der Waals surface area contributed by atoms with Gasteiger partial charge in [-0.2, -0.15) is 0 Å². The van der Waals surface area contributed by atoms with Crippen molar-refractivity contribution in [1.82, 2.24) is 0 Å². The van der Waals surface area contributed by atoms with E-state index in [0.717, 1.165) is 11.0 Å². The van der Waals surface area contributed by atoms with E-state index in [1.807, 2.05) is 0 Å². The summed E-state index contributed by atoms with van der Waals surface area (Å²) in [6, 6.07) is 11.9. The summed E-state index contributed by atoms with van der Waals surface area (Å²) in [6.45, 7) is 0. The number of aliphatic hydroxyl groups excluding tert-OH is 1. The quantitative estimate of drug-likeness (QED) is 0.231. The first-order chi connectivity index (χ1) is 16.7. The van der Waals surface area contributed by atoms with Crippen molar-refractivity contribution in [2.45, 2.75) is 6.04 Å². The van der Waals surface area contributed by atoms with Crippen LogP contribution in [-0.4, -0.2) is 31.0 Å². The van der Waals surface area contributed by atoms with Gasteiger partial charge in [0.15, 0.2) is 5.75 Å². The number of nitrogens with zero attached hydrogens (tertiary/aromatic N) is 1. The van der Waals surface area contributed by atoms with Crippen molar-refractivity contribution in [3.8, 4) is 11.5 Å². The Kier molecular flexibility index (Phi) is 6.94. The maximum absolute atomic E-state index is 13.8. The van der Waals surface area contributed by atoms with Crippen LogP contribution in [0.5, 0.6) is 11.5 Å². The minimum Gasteiger partial charge on any atom is -0.507 e. The van der Waals surface area contributed by atoms with Gasteiger partial charge in [0.05, 0.1) is 40.9 Å². The molecule has 6 nitrogen and oxygen atoms in total. The third-order valence-electron chi connectivity index (χ3n) is 5.53. The molecule has 3 aromatic carbocycles. The first kappa shape index (κ1) is 24.9. The van der Waals surface area contributed by atoms with Crippen LogP contribution < -0.4 is 14.4 Å². The van der Waals surface area contributed by atoms with Crippen molar-refractivity contribution in [3.63, 3.8) is 0 Å². The standard InChI is InChI=1S/C25H17Cl3FNO5/c1-34-15-6-3-12(4-7-15)21-20(22(31)13-9-17(27)24(35-2)18(28)10-13)23(32)25(33)30(21)14-5-8-19(29)16(26)11-14/h3-11,21,31H,1-2H3/b22-20+. The van der Waals surface area contributed by atoms with Crippen LogP contribution >= 0.6 is 34.8 Å². The highest BCUT2D eigenvalue weighted by atomic mass is 35.5. The van der Waals surface area contributed by atoms with Gasteiger partial charge in [-0.3, -0.25) is 14.5 Å². The fourth-order valence-corrected chi connectivity index (χ4v) is 4.70. The molecular formula is C25H17Cl3FNO5. The minimum absolute atomic E-state index is 0.0992. The Morgan fingerprint density at radius 3 is 2.09 bits per heavy atom. The number of methoxy groups -OCH3 is 2. The lowest BCUT2D eigenvalue weighted by molar-refractivity contribution is -0.132. The zero-order valence-electron chi connectivity index (χ0n) is 18.3. The van der Waals surface area contributed by atoms with E-state index < -0.39 is 29.3 Å². The third-order valence-corrected chi connectivity index (χ3v) is 6.38. The van der Waals surface area contributed by atoms with Gasteiger partial charge in [0.2, 0.25) is 0 Å². The summed E-state index contributed by atoms with van der Waals surface area (Å²) < 4.78 is 24.2. The molecule has 0 aliphatic carbocycles. The van der Waals surface area contributed by atoms with Gasteiger partial charge in [0.25, 0.3) is 11.7 Å². The van der Waals surface area contributed by atoms with Crippen LogP contribution in [0.1, 0.15) is 17.2 Å². The fraction of sp³-hybridized carbons (Fsp3) is 0.120. The van der Waals surface area contributed by atoms with Gasteiger partial charge in [0, 0.05) is 11.3 Å². The summed E-state index contributed by atoms with van der Waals surface area (Å²) in [4.78, 5) is 27.6. The molecule has 0 bridgehead atoms. The number of rotatable bonds is 5. The summed E-state index contributed by atoms with van der Waals surface area (Å²) in [5.41, 5.74) is 0.550. The fourth-order valence-electron chi connectivity index (χ4n) is 3.88. The summed E-state index contributed by atoms with van der Waals surface area (Å²) in [5.74, 6) is -2.32. The van der Waals surface area contributed by atoms with E-state index in [4.69, 9.17) is 44.3 Å². The van der Waals surface area contributed by atoms with Crippen LogP contribution in [0.15, 0.2) is 60.2 Å². The maximum Gasteiger partial charge on any atom is 0.300 e. The zero-order valence-corrected chi connectivity index (χ0v) is 20.6. The predicted molar refractivity (Wildman–Crippen MR) is 132 cm³/mol. The SMILES string of the molecule is COc1ccc(C2/C(=C(\O)c3cc(Cl)c(OC)c(Cl)c3)C(=O)C(=O)N2c2ccc(F)c(Cl)c2)cc1. The molecule has 10 heteroatoms. The number of hydrogen-bond donors (Lipinski definition) is 1. The van der Waals surface area contributed by atoms with Crippen molar-refractivity contribution >= 4 is 57.9 Å². The van der Waals surface area contributed by atoms with Crippen LogP contribution in [0.4, 0.5) is 10.1 Å². The summed E-state index contributed by atoms with van der Waals surface area (Å²) >= 11 is 18.4. The number of ketones is 1. The van der Waals surface area contributed by atoms with E-state index in [0.29, 0.717) is 11.3 Å². The van der Waals surface area contributed by atoms with E-state index in [1.54, 1.807) is 24.3 Å². The lowest BCUT2D eigenvalue weighted by Gasteiger charge is -2.26. The van der Waals surface area contributed by atoms with Crippen LogP contribution in [-0.2, 0) is 9.59 Å².